The minimum absolute atomic E-state index is 0.109. The van der Waals surface area contributed by atoms with Crippen LogP contribution < -0.4 is 10.2 Å². The predicted molar refractivity (Wildman–Crippen MR) is 104 cm³/mol. The number of phenols is 1. The maximum atomic E-state index is 11.8. The van der Waals surface area contributed by atoms with Crippen LogP contribution in [-0.2, 0) is 4.79 Å². The topological polar surface area (TPSA) is 114 Å². The molecule has 0 aliphatic carbocycles. The molecule has 2 N–H and O–H groups in total. The molecule has 0 aliphatic rings. The van der Waals surface area contributed by atoms with Crippen LogP contribution in [0, 0.1) is 10.1 Å². The van der Waals surface area contributed by atoms with Crippen molar-refractivity contribution in [3.05, 3.63) is 62.1 Å². The Morgan fingerprint density at radius 1 is 1.37 bits per heavy atom. The van der Waals surface area contributed by atoms with Gasteiger partial charge in [-0.15, -0.1) is 0 Å². The summed E-state index contributed by atoms with van der Waals surface area (Å²) in [6, 6.07) is 9.13. The highest BCUT2D eigenvalue weighted by atomic mass is 79.9. The monoisotopic (exact) mass is 435 g/mol. The molecule has 142 valence electrons. The molecule has 0 saturated carbocycles. The second kappa shape index (κ2) is 9.13. The van der Waals surface area contributed by atoms with Crippen LogP contribution in [0.4, 0.5) is 5.69 Å². The van der Waals surface area contributed by atoms with E-state index < -0.39 is 10.8 Å². The number of nitrogens with zero attached hydrogens (tertiary/aromatic N) is 2. The van der Waals surface area contributed by atoms with Gasteiger partial charge >= 0.3 is 0 Å². The number of rotatable bonds is 7. The van der Waals surface area contributed by atoms with Crippen LogP contribution in [0.5, 0.6) is 11.5 Å². The van der Waals surface area contributed by atoms with E-state index in [0.717, 1.165) is 22.3 Å². The van der Waals surface area contributed by atoms with Crippen LogP contribution >= 0.6 is 15.9 Å². The molecule has 0 bridgehead atoms. The largest absolute Gasteiger partial charge is 0.507 e. The van der Waals surface area contributed by atoms with Crippen LogP contribution in [0.3, 0.4) is 0 Å². The number of nitro benzene ring substituents is 1. The van der Waals surface area contributed by atoms with Crippen LogP contribution in [0.15, 0.2) is 46.0 Å². The molecule has 0 radical (unpaired) electrons. The van der Waals surface area contributed by atoms with Crippen molar-refractivity contribution in [2.24, 2.45) is 5.10 Å². The number of non-ortho nitro benzene ring substituents is 1. The fraction of sp³-hybridized carbons (Fsp3) is 0.222. The highest BCUT2D eigenvalue weighted by Crippen LogP contribution is 2.28. The van der Waals surface area contributed by atoms with Gasteiger partial charge in [0.15, 0.2) is 6.61 Å². The Morgan fingerprint density at radius 3 is 2.74 bits per heavy atom. The molecule has 27 heavy (non-hydrogen) atoms. The molecule has 0 fully saturated rings. The van der Waals surface area contributed by atoms with Crippen molar-refractivity contribution >= 4 is 33.7 Å². The molecule has 2 aromatic carbocycles. The molecule has 0 heterocycles. The number of benzene rings is 2. The standard InChI is InChI=1S/C18H18BrN3O5/c1-11(2)12-3-6-17(15(19)8-12)27-10-18(24)21-20-9-13-7-14(22(25)26)4-5-16(13)23/h3-9,11,23H,10H2,1-2H3,(H,21,24). The van der Waals surface area contributed by atoms with Crippen molar-refractivity contribution in [3.63, 3.8) is 0 Å². The molecule has 2 rings (SSSR count). The summed E-state index contributed by atoms with van der Waals surface area (Å²) in [6.45, 7) is 3.89. The number of hydrogen-bond donors (Lipinski definition) is 2. The summed E-state index contributed by atoms with van der Waals surface area (Å²) in [4.78, 5) is 22.0. The normalized spacial score (nSPS) is 11.0. The number of hydrazone groups is 1. The van der Waals surface area contributed by atoms with E-state index in [9.17, 15) is 20.0 Å². The molecule has 0 aliphatic heterocycles. The molecule has 8 nitrogen and oxygen atoms in total. The van der Waals surface area contributed by atoms with E-state index in [4.69, 9.17) is 4.74 Å². The van der Waals surface area contributed by atoms with Crippen LogP contribution in [-0.4, -0.2) is 28.8 Å². The van der Waals surface area contributed by atoms with Gasteiger partial charge in [0.2, 0.25) is 0 Å². The highest BCUT2D eigenvalue weighted by molar-refractivity contribution is 9.10. The first-order chi connectivity index (χ1) is 12.8. The lowest BCUT2D eigenvalue weighted by Crippen LogP contribution is -2.24. The SMILES string of the molecule is CC(C)c1ccc(OCC(=O)NN=Cc2cc([N+](=O)[O-])ccc2O)c(Br)c1. The fourth-order valence-electron chi connectivity index (χ4n) is 2.10. The second-order valence-corrected chi connectivity index (χ2v) is 6.78. The number of amides is 1. The lowest BCUT2D eigenvalue weighted by molar-refractivity contribution is -0.384. The van der Waals surface area contributed by atoms with Gasteiger partial charge in [-0.2, -0.15) is 5.10 Å². The van der Waals surface area contributed by atoms with Gasteiger partial charge in [-0.1, -0.05) is 19.9 Å². The van der Waals surface area contributed by atoms with Gasteiger partial charge in [0.1, 0.15) is 11.5 Å². The molecule has 0 saturated heterocycles. The number of ether oxygens (including phenoxy) is 1. The Balaban J connectivity index is 1.92. The smallest absolute Gasteiger partial charge is 0.277 e. The van der Waals surface area contributed by atoms with E-state index in [1.807, 2.05) is 12.1 Å². The van der Waals surface area contributed by atoms with Gasteiger partial charge in [0, 0.05) is 17.7 Å². The molecular formula is C18H18BrN3O5. The molecule has 0 unspecified atom stereocenters. The van der Waals surface area contributed by atoms with E-state index in [1.165, 1.54) is 12.1 Å². The van der Waals surface area contributed by atoms with Gasteiger partial charge in [0.25, 0.3) is 11.6 Å². The maximum Gasteiger partial charge on any atom is 0.277 e. The van der Waals surface area contributed by atoms with Crippen molar-refractivity contribution in [1.82, 2.24) is 5.43 Å². The number of phenolic OH excluding ortho intramolecular Hbond substituents is 1. The average molecular weight is 436 g/mol. The van der Waals surface area contributed by atoms with Crippen molar-refractivity contribution in [2.75, 3.05) is 6.61 Å². The average Bonchev–Trinajstić information content (AvgIpc) is 2.61. The molecule has 0 spiro atoms. The van der Waals surface area contributed by atoms with Gasteiger partial charge < -0.3 is 9.84 Å². The number of nitro groups is 1. The van der Waals surface area contributed by atoms with E-state index in [-0.39, 0.29) is 23.6 Å². The van der Waals surface area contributed by atoms with E-state index >= 15 is 0 Å². The molecule has 0 aromatic heterocycles. The summed E-state index contributed by atoms with van der Waals surface area (Å²) >= 11 is 3.41. The third-order valence-electron chi connectivity index (χ3n) is 3.60. The third-order valence-corrected chi connectivity index (χ3v) is 4.22. The van der Waals surface area contributed by atoms with Gasteiger partial charge in [-0.3, -0.25) is 14.9 Å². The van der Waals surface area contributed by atoms with Crippen molar-refractivity contribution in [2.45, 2.75) is 19.8 Å². The Labute approximate surface area is 164 Å². The van der Waals surface area contributed by atoms with Gasteiger partial charge in [-0.25, -0.2) is 5.43 Å². The summed E-state index contributed by atoms with van der Waals surface area (Å²) in [5, 5.41) is 24.1. The number of carbonyl (C=O) groups is 1. The summed E-state index contributed by atoms with van der Waals surface area (Å²) in [7, 11) is 0. The number of hydrogen-bond acceptors (Lipinski definition) is 6. The van der Waals surface area contributed by atoms with Crippen LogP contribution in [0.1, 0.15) is 30.9 Å². The van der Waals surface area contributed by atoms with Crippen LogP contribution in [0.25, 0.3) is 0 Å². The molecule has 1 amide bonds. The van der Waals surface area contributed by atoms with Crippen molar-refractivity contribution < 1.29 is 19.6 Å². The number of aromatic hydroxyl groups is 1. The highest BCUT2D eigenvalue weighted by Gasteiger charge is 2.10. The molecule has 9 heteroatoms. The van der Waals surface area contributed by atoms with Gasteiger partial charge in [0.05, 0.1) is 15.6 Å². The number of nitrogens with one attached hydrogen (secondary N) is 1. The third kappa shape index (κ3) is 5.78. The molecule has 0 atom stereocenters. The van der Waals surface area contributed by atoms with Crippen molar-refractivity contribution in [3.8, 4) is 11.5 Å². The van der Waals surface area contributed by atoms with Crippen LogP contribution in [0.2, 0.25) is 0 Å². The first-order valence-electron chi connectivity index (χ1n) is 7.99. The predicted octanol–water partition coefficient (Wildman–Crippen LogP) is 3.72. The lowest BCUT2D eigenvalue weighted by Gasteiger charge is -2.10. The van der Waals surface area contributed by atoms with E-state index in [2.05, 4.69) is 40.3 Å². The molecular weight excluding hydrogens is 418 g/mol. The zero-order valence-corrected chi connectivity index (χ0v) is 16.3. The fourth-order valence-corrected chi connectivity index (χ4v) is 2.61. The lowest BCUT2D eigenvalue weighted by atomic mass is 10.0. The Hall–Kier alpha value is -2.94. The quantitative estimate of drug-likeness (QED) is 0.390. The zero-order valence-electron chi connectivity index (χ0n) is 14.7. The number of halogens is 1. The summed E-state index contributed by atoms with van der Waals surface area (Å²) in [5.74, 6) is 0.188. The van der Waals surface area contributed by atoms with Crippen molar-refractivity contribution in [1.29, 1.82) is 0 Å². The number of carbonyl (C=O) groups excluding carboxylic acids is 1. The minimum Gasteiger partial charge on any atom is -0.507 e. The first-order valence-corrected chi connectivity index (χ1v) is 8.78. The zero-order chi connectivity index (χ0) is 20.0. The Kier molecular flexibility index (Phi) is 6.89. The Morgan fingerprint density at radius 2 is 2.11 bits per heavy atom. The summed E-state index contributed by atoms with van der Waals surface area (Å²) in [5.41, 5.74) is 3.29. The summed E-state index contributed by atoms with van der Waals surface area (Å²) < 4.78 is 6.18. The first kappa shape index (κ1) is 20.4. The van der Waals surface area contributed by atoms with E-state index in [0.29, 0.717) is 11.7 Å². The Bertz CT molecular complexity index is 883. The molecule has 2 aromatic rings. The summed E-state index contributed by atoms with van der Waals surface area (Å²) in [6.07, 6.45) is 1.12. The minimum atomic E-state index is -0.592. The van der Waals surface area contributed by atoms with E-state index in [1.54, 1.807) is 6.07 Å². The second-order valence-electron chi connectivity index (χ2n) is 5.93. The maximum absolute atomic E-state index is 11.8. The van der Waals surface area contributed by atoms with Gasteiger partial charge in [-0.05, 0) is 45.6 Å².